The average Bonchev–Trinajstić information content (AvgIpc) is 2.18. The van der Waals surface area contributed by atoms with Gasteiger partial charge in [0.2, 0.25) is 5.91 Å². The maximum atomic E-state index is 11.7. The van der Waals surface area contributed by atoms with Crippen molar-refractivity contribution < 1.29 is 4.79 Å². The Kier molecular flexibility index (Phi) is 5.09. The van der Waals surface area contributed by atoms with Gasteiger partial charge in [0.1, 0.15) is 0 Å². The van der Waals surface area contributed by atoms with Crippen LogP contribution in [0, 0.1) is 11.8 Å². The monoisotopic (exact) mass is 212 g/mol. The summed E-state index contributed by atoms with van der Waals surface area (Å²) in [5.74, 6) is 1.12. The van der Waals surface area contributed by atoms with Crippen LogP contribution >= 0.6 is 0 Å². The molecule has 3 N–H and O–H groups in total. The van der Waals surface area contributed by atoms with Gasteiger partial charge in [-0.2, -0.15) is 0 Å². The van der Waals surface area contributed by atoms with E-state index in [0.29, 0.717) is 12.0 Å². The highest BCUT2D eigenvalue weighted by molar-refractivity contribution is 5.78. The highest BCUT2D eigenvalue weighted by Crippen LogP contribution is 2.23. The molecule has 1 amide bonds. The van der Waals surface area contributed by atoms with Crippen molar-refractivity contribution in [2.24, 2.45) is 17.6 Å². The van der Waals surface area contributed by atoms with Crippen LogP contribution in [-0.2, 0) is 4.79 Å². The van der Waals surface area contributed by atoms with Crippen LogP contribution in [0.25, 0.3) is 0 Å². The smallest absolute Gasteiger partial charge is 0.223 e. The van der Waals surface area contributed by atoms with Crippen molar-refractivity contribution in [1.82, 2.24) is 5.32 Å². The highest BCUT2D eigenvalue weighted by atomic mass is 16.1. The normalized spacial score (nSPS) is 26.7. The number of amides is 1. The van der Waals surface area contributed by atoms with E-state index in [1.54, 1.807) is 0 Å². The molecule has 1 aliphatic carbocycles. The zero-order valence-corrected chi connectivity index (χ0v) is 9.96. The van der Waals surface area contributed by atoms with Crippen LogP contribution < -0.4 is 11.1 Å². The van der Waals surface area contributed by atoms with E-state index in [2.05, 4.69) is 19.2 Å². The fourth-order valence-electron chi connectivity index (χ4n) is 2.01. The molecule has 88 valence electrons. The Balaban J connectivity index is 2.17. The molecule has 0 unspecified atom stereocenters. The average molecular weight is 212 g/mol. The van der Waals surface area contributed by atoms with E-state index in [9.17, 15) is 4.79 Å². The van der Waals surface area contributed by atoms with E-state index < -0.39 is 0 Å². The van der Waals surface area contributed by atoms with Crippen molar-refractivity contribution in [1.29, 1.82) is 0 Å². The minimum atomic E-state index is 0.219. The lowest BCUT2D eigenvalue weighted by molar-refractivity contribution is -0.126. The summed E-state index contributed by atoms with van der Waals surface area (Å²) in [7, 11) is 0. The molecular formula is C12H24N2O. The molecule has 0 aliphatic heterocycles. The van der Waals surface area contributed by atoms with E-state index >= 15 is 0 Å². The van der Waals surface area contributed by atoms with Crippen LogP contribution in [-0.4, -0.2) is 18.5 Å². The number of nitrogens with two attached hydrogens (primary N) is 1. The van der Waals surface area contributed by atoms with Gasteiger partial charge in [0, 0.05) is 18.5 Å². The molecular weight excluding hydrogens is 188 g/mol. The van der Waals surface area contributed by atoms with Gasteiger partial charge in [-0.05, 0) is 38.0 Å². The third-order valence-corrected chi connectivity index (χ3v) is 3.16. The quantitative estimate of drug-likeness (QED) is 0.744. The fourth-order valence-corrected chi connectivity index (χ4v) is 2.01. The second-order valence-corrected chi connectivity index (χ2v) is 5.09. The molecule has 15 heavy (non-hydrogen) atoms. The molecule has 3 nitrogen and oxygen atoms in total. The summed E-state index contributed by atoms with van der Waals surface area (Å²) >= 11 is 0. The molecule has 1 fully saturated rings. The first kappa shape index (κ1) is 12.5. The minimum Gasteiger partial charge on any atom is -0.356 e. The molecule has 0 bridgehead atoms. The molecule has 0 spiro atoms. The lowest BCUT2D eigenvalue weighted by Gasteiger charge is -2.25. The largest absolute Gasteiger partial charge is 0.356 e. The Morgan fingerprint density at radius 1 is 1.33 bits per heavy atom. The third-order valence-electron chi connectivity index (χ3n) is 3.16. The first-order chi connectivity index (χ1) is 7.09. The predicted molar refractivity (Wildman–Crippen MR) is 62.4 cm³/mol. The molecule has 1 saturated carbocycles. The number of hydrogen-bond donors (Lipinski definition) is 2. The van der Waals surface area contributed by atoms with Gasteiger partial charge in [0.05, 0.1) is 0 Å². The first-order valence-electron chi connectivity index (χ1n) is 6.13. The Hall–Kier alpha value is -0.570. The molecule has 0 heterocycles. The molecule has 1 aliphatic rings. The molecule has 0 radical (unpaired) electrons. The third kappa shape index (κ3) is 4.65. The van der Waals surface area contributed by atoms with Crippen molar-refractivity contribution in [2.45, 2.75) is 52.0 Å². The summed E-state index contributed by atoms with van der Waals surface area (Å²) in [4.78, 5) is 11.7. The topological polar surface area (TPSA) is 55.1 Å². The van der Waals surface area contributed by atoms with Crippen molar-refractivity contribution in [3.05, 3.63) is 0 Å². The molecule has 3 heteroatoms. The summed E-state index contributed by atoms with van der Waals surface area (Å²) in [6.45, 7) is 5.16. The number of rotatable bonds is 4. The Morgan fingerprint density at radius 2 is 1.93 bits per heavy atom. The first-order valence-corrected chi connectivity index (χ1v) is 6.13. The van der Waals surface area contributed by atoms with Gasteiger partial charge in [-0.15, -0.1) is 0 Å². The fraction of sp³-hybridized carbons (Fsp3) is 0.917. The summed E-state index contributed by atoms with van der Waals surface area (Å²) in [6, 6.07) is 0.324. The van der Waals surface area contributed by atoms with Crippen LogP contribution in [0.3, 0.4) is 0 Å². The van der Waals surface area contributed by atoms with E-state index in [0.717, 1.165) is 38.6 Å². The van der Waals surface area contributed by atoms with Gasteiger partial charge in [-0.1, -0.05) is 13.8 Å². The van der Waals surface area contributed by atoms with E-state index in [4.69, 9.17) is 5.73 Å². The molecule has 0 saturated heterocycles. The molecule has 0 aromatic heterocycles. The van der Waals surface area contributed by atoms with Gasteiger partial charge in [0.15, 0.2) is 0 Å². The Bertz CT molecular complexity index is 196. The number of hydrogen-bond acceptors (Lipinski definition) is 2. The summed E-state index contributed by atoms with van der Waals surface area (Å²) in [5, 5.41) is 3.02. The predicted octanol–water partition coefficient (Wildman–Crippen LogP) is 1.67. The van der Waals surface area contributed by atoms with Crippen molar-refractivity contribution in [2.75, 3.05) is 6.54 Å². The highest BCUT2D eigenvalue weighted by Gasteiger charge is 2.23. The lowest BCUT2D eigenvalue weighted by atomic mass is 9.86. The number of carbonyl (C=O) groups is 1. The minimum absolute atomic E-state index is 0.219. The SMILES string of the molecule is CC(C)CCNC(=O)C1CCC(N)CC1. The van der Waals surface area contributed by atoms with Crippen molar-refractivity contribution in [3.8, 4) is 0 Å². The summed E-state index contributed by atoms with van der Waals surface area (Å²) < 4.78 is 0. The Labute approximate surface area is 92.8 Å². The standard InChI is InChI=1S/C12H24N2O/c1-9(2)7-8-14-12(15)10-3-5-11(13)6-4-10/h9-11H,3-8,13H2,1-2H3,(H,14,15). The lowest BCUT2D eigenvalue weighted by Crippen LogP contribution is -2.36. The summed E-state index contributed by atoms with van der Waals surface area (Å²) in [5.41, 5.74) is 5.81. The van der Waals surface area contributed by atoms with Gasteiger partial charge in [0.25, 0.3) is 0 Å². The molecule has 0 aromatic carbocycles. The maximum absolute atomic E-state index is 11.7. The second-order valence-electron chi connectivity index (χ2n) is 5.09. The second kappa shape index (κ2) is 6.11. The van der Waals surface area contributed by atoms with Gasteiger partial charge in [-0.3, -0.25) is 4.79 Å². The molecule has 1 rings (SSSR count). The van der Waals surface area contributed by atoms with E-state index in [-0.39, 0.29) is 11.8 Å². The Morgan fingerprint density at radius 3 is 2.47 bits per heavy atom. The van der Waals surface area contributed by atoms with Crippen LogP contribution in [0.15, 0.2) is 0 Å². The zero-order chi connectivity index (χ0) is 11.3. The molecule has 0 atom stereocenters. The van der Waals surface area contributed by atoms with E-state index in [1.807, 2.05) is 0 Å². The number of nitrogens with one attached hydrogen (secondary N) is 1. The zero-order valence-electron chi connectivity index (χ0n) is 9.96. The van der Waals surface area contributed by atoms with Crippen LogP contribution in [0.2, 0.25) is 0 Å². The summed E-state index contributed by atoms with van der Waals surface area (Å²) in [6.07, 6.45) is 5.01. The van der Waals surface area contributed by atoms with Gasteiger partial charge < -0.3 is 11.1 Å². The molecule has 0 aromatic rings. The van der Waals surface area contributed by atoms with Gasteiger partial charge in [-0.25, -0.2) is 0 Å². The van der Waals surface area contributed by atoms with Crippen LogP contribution in [0.1, 0.15) is 46.0 Å². The van der Waals surface area contributed by atoms with Gasteiger partial charge >= 0.3 is 0 Å². The number of carbonyl (C=O) groups excluding carboxylic acids is 1. The maximum Gasteiger partial charge on any atom is 0.223 e. The van der Waals surface area contributed by atoms with Crippen molar-refractivity contribution in [3.63, 3.8) is 0 Å². The van der Waals surface area contributed by atoms with Crippen LogP contribution in [0.5, 0.6) is 0 Å². The van der Waals surface area contributed by atoms with E-state index in [1.165, 1.54) is 0 Å². The van der Waals surface area contributed by atoms with Crippen molar-refractivity contribution >= 4 is 5.91 Å². The van der Waals surface area contributed by atoms with Crippen LogP contribution in [0.4, 0.5) is 0 Å².